The maximum atomic E-state index is 13.4. The quantitative estimate of drug-likeness (QED) is 0.176. The van der Waals surface area contributed by atoms with Gasteiger partial charge in [0.1, 0.15) is 5.82 Å². The largest absolute Gasteiger partial charge is 0.481 e. The highest BCUT2D eigenvalue weighted by Gasteiger charge is 2.41. The van der Waals surface area contributed by atoms with E-state index in [1.807, 2.05) is 38.1 Å². The third kappa shape index (κ3) is 8.17. The molecule has 3 aromatic carbocycles. The third-order valence-corrected chi connectivity index (χ3v) is 8.89. The maximum Gasteiger partial charge on any atom is 0.310 e. The molecule has 0 saturated carbocycles. The summed E-state index contributed by atoms with van der Waals surface area (Å²) in [5.41, 5.74) is 10.8. The highest BCUT2D eigenvalue weighted by Crippen LogP contribution is 2.37. The van der Waals surface area contributed by atoms with E-state index in [2.05, 4.69) is 36.0 Å². The smallest absolute Gasteiger partial charge is 0.310 e. The molecule has 7 nitrogen and oxygen atoms in total. The molecule has 0 aliphatic carbocycles. The molecule has 2 heterocycles. The van der Waals surface area contributed by atoms with Gasteiger partial charge in [0.2, 0.25) is 5.82 Å². The molecule has 4 aromatic rings. The number of hydrogen-bond acceptors (Lipinski definition) is 6. The SMILES string of the molecule is CC(C)Cc1ccc(-c2nc(-c3ccc(CN4CCC(Cc5ccc(F)cc5)(C(=O)O)CC4)cc3CC(C)(C)N)no2)cc1Cl. The Morgan fingerprint density at radius 2 is 1.76 bits per heavy atom. The first-order valence-corrected chi connectivity index (χ1v) is 15.9. The van der Waals surface area contributed by atoms with Crippen LogP contribution in [0.4, 0.5) is 4.39 Å². The molecule has 5 rings (SSSR count). The molecule has 0 atom stereocenters. The summed E-state index contributed by atoms with van der Waals surface area (Å²) in [7, 11) is 0. The van der Waals surface area contributed by atoms with Crippen LogP contribution in [0.3, 0.4) is 0 Å². The summed E-state index contributed by atoms with van der Waals surface area (Å²) in [6.07, 6.45) is 2.94. The van der Waals surface area contributed by atoms with Crippen LogP contribution >= 0.6 is 11.6 Å². The predicted octanol–water partition coefficient (Wildman–Crippen LogP) is 7.58. The van der Waals surface area contributed by atoms with Gasteiger partial charge in [0.15, 0.2) is 0 Å². The molecule has 9 heteroatoms. The molecule has 0 amide bonds. The van der Waals surface area contributed by atoms with E-state index in [4.69, 9.17) is 26.8 Å². The molecule has 0 spiro atoms. The summed E-state index contributed by atoms with van der Waals surface area (Å²) in [4.78, 5) is 19.4. The van der Waals surface area contributed by atoms with E-state index in [1.54, 1.807) is 12.1 Å². The Balaban J connectivity index is 1.32. The van der Waals surface area contributed by atoms with Gasteiger partial charge in [-0.2, -0.15) is 4.98 Å². The number of carbonyl (C=O) groups is 1. The van der Waals surface area contributed by atoms with Crippen LogP contribution in [-0.4, -0.2) is 44.7 Å². The van der Waals surface area contributed by atoms with Crippen LogP contribution in [0.25, 0.3) is 22.8 Å². The average molecular weight is 633 g/mol. The second-order valence-corrected chi connectivity index (χ2v) is 14.1. The van der Waals surface area contributed by atoms with Gasteiger partial charge in [-0.05, 0) is 111 Å². The lowest BCUT2D eigenvalue weighted by Gasteiger charge is -2.39. The number of aromatic nitrogens is 2. The van der Waals surface area contributed by atoms with E-state index >= 15 is 0 Å². The van der Waals surface area contributed by atoms with Crippen LogP contribution in [0.15, 0.2) is 65.2 Å². The summed E-state index contributed by atoms with van der Waals surface area (Å²) in [5, 5.41) is 15.2. The van der Waals surface area contributed by atoms with Crippen molar-refractivity contribution >= 4 is 17.6 Å². The zero-order valence-corrected chi connectivity index (χ0v) is 27.2. The lowest BCUT2D eigenvalue weighted by atomic mass is 9.73. The minimum absolute atomic E-state index is 0.321. The molecule has 0 unspecified atom stereocenters. The van der Waals surface area contributed by atoms with E-state index < -0.39 is 16.9 Å². The highest BCUT2D eigenvalue weighted by molar-refractivity contribution is 6.31. The topological polar surface area (TPSA) is 105 Å². The Labute approximate surface area is 269 Å². The number of benzene rings is 3. The molecule has 1 fully saturated rings. The van der Waals surface area contributed by atoms with E-state index in [1.165, 1.54) is 12.1 Å². The van der Waals surface area contributed by atoms with Gasteiger partial charge in [0.05, 0.1) is 5.41 Å². The molecule has 0 bridgehead atoms. The molecule has 45 heavy (non-hydrogen) atoms. The lowest BCUT2D eigenvalue weighted by molar-refractivity contribution is -0.152. The molecule has 1 aliphatic rings. The van der Waals surface area contributed by atoms with Crippen LogP contribution in [0, 0.1) is 17.2 Å². The van der Waals surface area contributed by atoms with Gasteiger partial charge in [-0.15, -0.1) is 0 Å². The van der Waals surface area contributed by atoms with Gasteiger partial charge in [0.25, 0.3) is 5.89 Å². The minimum atomic E-state index is -0.859. The third-order valence-electron chi connectivity index (χ3n) is 8.54. The zero-order chi connectivity index (χ0) is 32.4. The van der Waals surface area contributed by atoms with Crippen molar-refractivity contribution in [1.29, 1.82) is 0 Å². The lowest BCUT2D eigenvalue weighted by Crippen LogP contribution is -2.45. The van der Waals surface area contributed by atoms with Gasteiger partial charge in [-0.1, -0.05) is 67.0 Å². The number of carboxylic acid groups (broad SMARTS) is 1. The van der Waals surface area contributed by atoms with Gasteiger partial charge in [-0.25, -0.2) is 4.39 Å². The van der Waals surface area contributed by atoms with Gasteiger partial charge < -0.3 is 15.4 Å². The number of halogens is 2. The van der Waals surface area contributed by atoms with E-state index in [0.717, 1.165) is 39.8 Å². The Morgan fingerprint density at radius 3 is 2.38 bits per heavy atom. The first-order valence-electron chi connectivity index (χ1n) is 15.5. The molecule has 238 valence electrons. The fraction of sp³-hybridized carbons (Fsp3) is 0.417. The Bertz CT molecular complexity index is 1640. The van der Waals surface area contributed by atoms with Crippen molar-refractivity contribution in [2.45, 2.75) is 71.9 Å². The zero-order valence-electron chi connectivity index (χ0n) is 26.4. The normalized spacial score (nSPS) is 15.5. The Morgan fingerprint density at radius 1 is 1.07 bits per heavy atom. The molecular formula is C36H42ClFN4O3. The second-order valence-electron chi connectivity index (χ2n) is 13.6. The number of rotatable bonds is 11. The molecule has 3 N–H and O–H groups in total. The Hall–Kier alpha value is -3.59. The van der Waals surface area contributed by atoms with Crippen LogP contribution in [-0.2, 0) is 30.6 Å². The summed E-state index contributed by atoms with van der Waals surface area (Å²) < 4.78 is 19.1. The van der Waals surface area contributed by atoms with E-state index in [0.29, 0.717) is 68.0 Å². The maximum absolute atomic E-state index is 13.4. The number of piperidine rings is 1. The van der Waals surface area contributed by atoms with Crippen molar-refractivity contribution in [3.8, 4) is 22.8 Å². The molecule has 0 radical (unpaired) electrons. The highest BCUT2D eigenvalue weighted by atomic mass is 35.5. The minimum Gasteiger partial charge on any atom is -0.481 e. The fourth-order valence-corrected chi connectivity index (χ4v) is 6.45. The van der Waals surface area contributed by atoms with E-state index in [9.17, 15) is 14.3 Å². The fourth-order valence-electron chi connectivity index (χ4n) is 6.19. The summed E-state index contributed by atoms with van der Waals surface area (Å²) >= 11 is 6.57. The summed E-state index contributed by atoms with van der Waals surface area (Å²) in [6, 6.07) is 18.2. The number of aliphatic carboxylic acids is 1. The average Bonchev–Trinajstić information content (AvgIpc) is 3.46. The monoisotopic (exact) mass is 632 g/mol. The standard InChI is InChI=1S/C36H42ClFN4O3/c1-23(2)17-26-8-9-27(19-31(26)37)33-40-32(41-45-33)30-12-7-25(18-28(30)21-35(3,4)39)22-42-15-13-36(14-16-42,34(43)44)20-24-5-10-29(38)11-6-24/h5-12,18-19,23H,13-17,20-22,39H2,1-4H3,(H,43,44). The molecule has 1 aromatic heterocycles. The number of nitrogens with zero attached hydrogens (tertiary/aromatic N) is 3. The van der Waals surface area contributed by atoms with Gasteiger partial charge >= 0.3 is 5.97 Å². The van der Waals surface area contributed by atoms with Crippen LogP contribution in [0.1, 0.15) is 62.8 Å². The van der Waals surface area contributed by atoms with Crippen LogP contribution in [0.2, 0.25) is 5.02 Å². The Kier molecular flexibility index (Phi) is 9.77. The van der Waals surface area contributed by atoms with Crippen molar-refractivity contribution in [2.24, 2.45) is 17.1 Å². The van der Waals surface area contributed by atoms with Crippen molar-refractivity contribution in [3.63, 3.8) is 0 Å². The van der Waals surface area contributed by atoms with E-state index in [-0.39, 0.29) is 5.82 Å². The van der Waals surface area contributed by atoms with Crippen LogP contribution in [0.5, 0.6) is 0 Å². The van der Waals surface area contributed by atoms with Crippen molar-refractivity contribution in [2.75, 3.05) is 13.1 Å². The van der Waals surface area contributed by atoms with Crippen molar-refractivity contribution < 1.29 is 18.8 Å². The van der Waals surface area contributed by atoms with Crippen LogP contribution < -0.4 is 5.73 Å². The molecule has 1 aliphatic heterocycles. The number of carboxylic acids is 1. The number of hydrogen-bond donors (Lipinski definition) is 2. The molecule has 1 saturated heterocycles. The first kappa shape index (κ1) is 32.8. The van der Waals surface area contributed by atoms with Crippen molar-refractivity contribution in [3.05, 3.63) is 93.8 Å². The predicted molar refractivity (Wildman–Crippen MR) is 175 cm³/mol. The summed E-state index contributed by atoms with van der Waals surface area (Å²) in [5.74, 6) is 0.274. The first-order chi connectivity index (χ1) is 21.3. The summed E-state index contributed by atoms with van der Waals surface area (Å²) in [6.45, 7) is 10.3. The molecular weight excluding hydrogens is 591 g/mol. The van der Waals surface area contributed by atoms with Crippen molar-refractivity contribution in [1.82, 2.24) is 15.0 Å². The number of likely N-dealkylation sites (tertiary alicyclic amines) is 1. The van der Waals surface area contributed by atoms with Gasteiger partial charge in [0, 0.05) is 28.2 Å². The number of nitrogens with two attached hydrogens (primary N) is 1. The second kappa shape index (κ2) is 13.4. The van der Waals surface area contributed by atoms with Gasteiger partial charge in [-0.3, -0.25) is 9.69 Å².